The van der Waals surface area contributed by atoms with Gasteiger partial charge in [-0.1, -0.05) is 6.92 Å². The van der Waals surface area contributed by atoms with Gasteiger partial charge in [-0.15, -0.1) is 0 Å². The first kappa shape index (κ1) is 16.3. The van der Waals surface area contributed by atoms with Gasteiger partial charge in [-0.05, 0) is 31.5 Å². The first-order valence-electron chi connectivity index (χ1n) is 5.97. The normalized spacial score (nSPS) is 14.7. The second kappa shape index (κ2) is 5.70. The molecule has 0 heterocycles. The van der Waals surface area contributed by atoms with Crippen molar-refractivity contribution in [2.45, 2.75) is 32.0 Å². The zero-order valence-corrected chi connectivity index (χ0v) is 11.5. The molecule has 1 unspecified atom stereocenters. The van der Waals surface area contributed by atoms with Gasteiger partial charge in [0.1, 0.15) is 5.60 Å². The molecular formula is C13H17F3N2O2. The SMILES string of the molecule is CCC(C)(OC)C(=O)Nc1ccc(C(F)(F)F)cc1N. The van der Waals surface area contributed by atoms with E-state index >= 15 is 0 Å². The number of nitrogens with two attached hydrogens (primary N) is 1. The van der Waals surface area contributed by atoms with Crippen LogP contribution in [-0.2, 0) is 15.7 Å². The van der Waals surface area contributed by atoms with Crippen LogP contribution in [0, 0.1) is 0 Å². The molecule has 0 aliphatic carbocycles. The number of methoxy groups -OCH3 is 1. The molecule has 7 heteroatoms. The Kier molecular flexibility index (Phi) is 4.65. The van der Waals surface area contributed by atoms with Crippen molar-refractivity contribution in [1.82, 2.24) is 0 Å². The maximum absolute atomic E-state index is 12.5. The van der Waals surface area contributed by atoms with Gasteiger partial charge in [-0.3, -0.25) is 4.79 Å². The molecule has 0 aliphatic rings. The van der Waals surface area contributed by atoms with Crippen LogP contribution in [0.3, 0.4) is 0 Å². The van der Waals surface area contributed by atoms with Gasteiger partial charge in [0, 0.05) is 7.11 Å². The molecule has 20 heavy (non-hydrogen) atoms. The van der Waals surface area contributed by atoms with Crippen molar-refractivity contribution < 1.29 is 22.7 Å². The van der Waals surface area contributed by atoms with Crippen LogP contribution < -0.4 is 11.1 Å². The fourth-order valence-corrected chi connectivity index (χ4v) is 1.51. The van der Waals surface area contributed by atoms with Gasteiger partial charge >= 0.3 is 6.18 Å². The average molecular weight is 290 g/mol. The van der Waals surface area contributed by atoms with Gasteiger partial charge in [-0.2, -0.15) is 13.2 Å². The van der Waals surface area contributed by atoms with E-state index in [4.69, 9.17) is 10.5 Å². The highest BCUT2D eigenvalue weighted by Gasteiger charge is 2.33. The number of carbonyl (C=O) groups is 1. The van der Waals surface area contributed by atoms with Crippen molar-refractivity contribution in [3.05, 3.63) is 23.8 Å². The Morgan fingerprint density at radius 3 is 2.40 bits per heavy atom. The molecule has 4 nitrogen and oxygen atoms in total. The summed E-state index contributed by atoms with van der Waals surface area (Å²) in [5.41, 5.74) is 3.59. The second-order valence-electron chi connectivity index (χ2n) is 4.54. The maximum Gasteiger partial charge on any atom is 0.416 e. The number of hydrogen-bond donors (Lipinski definition) is 2. The highest BCUT2D eigenvalue weighted by atomic mass is 19.4. The van der Waals surface area contributed by atoms with E-state index in [9.17, 15) is 18.0 Å². The lowest BCUT2D eigenvalue weighted by atomic mass is 10.0. The van der Waals surface area contributed by atoms with E-state index in [0.717, 1.165) is 18.2 Å². The number of hydrogen-bond acceptors (Lipinski definition) is 3. The third kappa shape index (κ3) is 3.41. The van der Waals surface area contributed by atoms with Crippen molar-refractivity contribution in [2.24, 2.45) is 0 Å². The number of nitrogens with one attached hydrogen (secondary N) is 1. The molecule has 112 valence electrons. The number of alkyl halides is 3. The highest BCUT2D eigenvalue weighted by Crippen LogP contribution is 2.33. The lowest BCUT2D eigenvalue weighted by molar-refractivity contribution is -0.137. The predicted octanol–water partition coefficient (Wildman–Crippen LogP) is 3.04. The molecular weight excluding hydrogens is 273 g/mol. The fraction of sp³-hybridized carbons (Fsp3) is 0.462. The Labute approximate surface area is 115 Å². The number of nitrogen functional groups attached to an aromatic ring is 1. The standard InChI is InChI=1S/C13H17F3N2O2/c1-4-12(2,20-3)11(19)18-10-6-5-8(7-9(10)17)13(14,15)16/h5-7H,4,17H2,1-3H3,(H,18,19). The lowest BCUT2D eigenvalue weighted by Crippen LogP contribution is -2.41. The summed E-state index contributed by atoms with van der Waals surface area (Å²) in [5.74, 6) is -0.464. The molecule has 0 aliphatic heterocycles. The summed E-state index contributed by atoms with van der Waals surface area (Å²) in [4.78, 5) is 12.0. The summed E-state index contributed by atoms with van der Waals surface area (Å²) in [6.07, 6.45) is -4.06. The van der Waals surface area contributed by atoms with Gasteiger partial charge < -0.3 is 15.8 Å². The molecule has 1 amide bonds. The minimum Gasteiger partial charge on any atom is -0.397 e. The van der Waals surface area contributed by atoms with Gasteiger partial charge in [0.2, 0.25) is 0 Å². The highest BCUT2D eigenvalue weighted by molar-refractivity contribution is 5.99. The Balaban J connectivity index is 2.98. The average Bonchev–Trinajstić information content (AvgIpc) is 2.38. The minimum absolute atomic E-state index is 0.125. The number of halogens is 3. The Hall–Kier alpha value is -1.76. The van der Waals surface area contributed by atoms with Crippen molar-refractivity contribution >= 4 is 17.3 Å². The monoisotopic (exact) mass is 290 g/mol. The molecule has 1 rings (SSSR count). The molecule has 0 bridgehead atoms. The Morgan fingerprint density at radius 1 is 1.40 bits per heavy atom. The summed E-state index contributed by atoms with van der Waals surface area (Å²) in [5, 5.41) is 2.48. The number of carbonyl (C=O) groups excluding carboxylic acids is 1. The zero-order valence-electron chi connectivity index (χ0n) is 11.5. The molecule has 1 atom stereocenters. The van der Waals surface area contributed by atoms with E-state index in [-0.39, 0.29) is 11.4 Å². The topological polar surface area (TPSA) is 64.3 Å². The van der Waals surface area contributed by atoms with Crippen molar-refractivity contribution in [3.8, 4) is 0 Å². The molecule has 1 aromatic rings. The van der Waals surface area contributed by atoms with E-state index in [1.54, 1.807) is 13.8 Å². The summed E-state index contributed by atoms with van der Waals surface area (Å²) in [6, 6.07) is 2.77. The molecule has 1 aromatic carbocycles. The first-order chi connectivity index (χ1) is 9.14. The van der Waals surface area contributed by atoms with Crippen molar-refractivity contribution in [1.29, 1.82) is 0 Å². The van der Waals surface area contributed by atoms with E-state index in [0.29, 0.717) is 6.42 Å². The number of amides is 1. The summed E-state index contributed by atoms with van der Waals surface area (Å²) in [7, 11) is 1.39. The van der Waals surface area contributed by atoms with Crippen LogP contribution in [0.2, 0.25) is 0 Å². The number of benzene rings is 1. The summed E-state index contributed by atoms with van der Waals surface area (Å²) < 4.78 is 42.6. The van der Waals surface area contributed by atoms with E-state index in [2.05, 4.69) is 5.32 Å². The quantitative estimate of drug-likeness (QED) is 0.838. The zero-order chi connectivity index (χ0) is 15.6. The van der Waals surface area contributed by atoms with Gasteiger partial charge in [-0.25, -0.2) is 0 Å². The minimum atomic E-state index is -4.47. The molecule has 0 spiro atoms. The van der Waals surface area contributed by atoms with E-state index in [1.807, 2.05) is 0 Å². The van der Waals surface area contributed by atoms with E-state index in [1.165, 1.54) is 7.11 Å². The molecule has 0 saturated carbocycles. The predicted molar refractivity (Wildman–Crippen MR) is 70.2 cm³/mol. The maximum atomic E-state index is 12.5. The van der Waals surface area contributed by atoms with Crippen LogP contribution in [0.25, 0.3) is 0 Å². The number of anilines is 2. The van der Waals surface area contributed by atoms with Crippen LogP contribution in [0.5, 0.6) is 0 Å². The van der Waals surface area contributed by atoms with Crippen LogP contribution in [-0.4, -0.2) is 18.6 Å². The largest absolute Gasteiger partial charge is 0.416 e. The Bertz CT molecular complexity index is 497. The van der Waals surface area contributed by atoms with Crippen LogP contribution >= 0.6 is 0 Å². The number of rotatable bonds is 4. The first-order valence-corrected chi connectivity index (χ1v) is 5.97. The number of ether oxygens (including phenoxy) is 1. The summed E-state index contributed by atoms with van der Waals surface area (Å²) >= 11 is 0. The van der Waals surface area contributed by atoms with Crippen LogP contribution in [0.4, 0.5) is 24.5 Å². The van der Waals surface area contributed by atoms with Crippen molar-refractivity contribution in [2.75, 3.05) is 18.2 Å². The molecule has 3 N–H and O–H groups in total. The van der Waals surface area contributed by atoms with Crippen LogP contribution in [0.1, 0.15) is 25.8 Å². The van der Waals surface area contributed by atoms with E-state index < -0.39 is 23.2 Å². The molecule has 0 saturated heterocycles. The summed E-state index contributed by atoms with van der Waals surface area (Å²) in [6.45, 7) is 3.35. The van der Waals surface area contributed by atoms with Gasteiger partial charge in [0.25, 0.3) is 5.91 Å². The third-order valence-corrected chi connectivity index (χ3v) is 3.23. The Morgan fingerprint density at radius 2 is 2.00 bits per heavy atom. The lowest BCUT2D eigenvalue weighted by Gasteiger charge is -2.25. The van der Waals surface area contributed by atoms with Gasteiger partial charge in [0.05, 0.1) is 16.9 Å². The molecule has 0 aromatic heterocycles. The van der Waals surface area contributed by atoms with Crippen LogP contribution in [0.15, 0.2) is 18.2 Å². The molecule has 0 fully saturated rings. The fourth-order valence-electron chi connectivity index (χ4n) is 1.51. The smallest absolute Gasteiger partial charge is 0.397 e. The van der Waals surface area contributed by atoms with Gasteiger partial charge in [0.15, 0.2) is 0 Å². The molecule has 0 radical (unpaired) electrons. The third-order valence-electron chi connectivity index (χ3n) is 3.23. The van der Waals surface area contributed by atoms with Crippen molar-refractivity contribution in [3.63, 3.8) is 0 Å². The second-order valence-corrected chi connectivity index (χ2v) is 4.54.